The van der Waals surface area contributed by atoms with Gasteiger partial charge < -0.3 is 9.64 Å². The van der Waals surface area contributed by atoms with Gasteiger partial charge in [-0.15, -0.1) is 0 Å². The van der Waals surface area contributed by atoms with Crippen LogP contribution < -0.4 is 0 Å². The molecular weight excluding hydrogens is 278 g/mol. The Morgan fingerprint density at radius 3 is 2.41 bits per heavy atom. The fourth-order valence-electron chi connectivity index (χ4n) is 3.94. The topological polar surface area (TPSA) is 46.6 Å². The van der Waals surface area contributed by atoms with Crippen molar-refractivity contribution in [3.8, 4) is 0 Å². The summed E-state index contributed by atoms with van der Waals surface area (Å²) in [6.07, 6.45) is 5.17. The van der Waals surface area contributed by atoms with Crippen LogP contribution in [0.2, 0.25) is 0 Å². The molecule has 1 aromatic rings. The summed E-state index contributed by atoms with van der Waals surface area (Å²) < 4.78 is 4.86. The van der Waals surface area contributed by atoms with E-state index >= 15 is 0 Å². The highest BCUT2D eigenvalue weighted by Gasteiger charge is 2.41. The van der Waals surface area contributed by atoms with Crippen molar-refractivity contribution in [2.75, 3.05) is 7.11 Å². The molecule has 1 unspecified atom stereocenters. The fourth-order valence-corrected chi connectivity index (χ4v) is 3.94. The van der Waals surface area contributed by atoms with E-state index in [1.165, 1.54) is 12.7 Å². The van der Waals surface area contributed by atoms with Crippen LogP contribution in [-0.2, 0) is 14.3 Å². The molecule has 4 heteroatoms. The van der Waals surface area contributed by atoms with Crippen molar-refractivity contribution < 1.29 is 14.3 Å². The van der Waals surface area contributed by atoms with E-state index in [2.05, 4.69) is 24.3 Å². The maximum atomic E-state index is 12.2. The largest absolute Gasteiger partial charge is 0.467 e. The highest BCUT2D eigenvalue weighted by Crippen LogP contribution is 2.37. The Balaban J connectivity index is 1.65. The highest BCUT2D eigenvalue weighted by molar-refractivity contribution is 5.88. The minimum Gasteiger partial charge on any atom is -0.467 e. The van der Waals surface area contributed by atoms with E-state index in [0.29, 0.717) is 18.8 Å². The van der Waals surface area contributed by atoms with Crippen LogP contribution in [-0.4, -0.2) is 36.0 Å². The van der Waals surface area contributed by atoms with Gasteiger partial charge >= 0.3 is 5.97 Å². The molecule has 1 heterocycles. The molecule has 22 heavy (non-hydrogen) atoms. The molecule has 0 spiro atoms. The van der Waals surface area contributed by atoms with Gasteiger partial charge in [-0.1, -0.05) is 30.3 Å². The first-order chi connectivity index (χ1) is 10.7. The third kappa shape index (κ3) is 2.87. The van der Waals surface area contributed by atoms with Gasteiger partial charge in [-0.3, -0.25) is 4.79 Å². The molecule has 1 saturated carbocycles. The van der Waals surface area contributed by atoms with E-state index in [4.69, 9.17) is 4.74 Å². The maximum Gasteiger partial charge on any atom is 0.328 e. The molecule has 1 atom stereocenters. The molecular formula is C18H23NO3. The van der Waals surface area contributed by atoms with Gasteiger partial charge in [0.05, 0.1) is 7.11 Å². The molecule has 1 amide bonds. The molecule has 1 saturated heterocycles. The molecule has 4 nitrogen and oxygen atoms in total. The second-order valence-corrected chi connectivity index (χ2v) is 6.29. The minimum atomic E-state index is -0.365. The number of rotatable bonds is 3. The number of nitrogens with zero attached hydrogens (tertiary/aromatic N) is 1. The quantitative estimate of drug-likeness (QED) is 0.807. The molecule has 3 rings (SSSR count). The zero-order chi connectivity index (χ0) is 15.5. The molecule has 0 N–H and O–H groups in total. The summed E-state index contributed by atoms with van der Waals surface area (Å²) in [4.78, 5) is 25.9. The van der Waals surface area contributed by atoms with Crippen LogP contribution in [0.5, 0.6) is 0 Å². The maximum absolute atomic E-state index is 12.2. The number of esters is 1. The summed E-state index contributed by atoms with van der Waals surface area (Å²) in [5.74, 6) is 0.418. The summed E-state index contributed by atoms with van der Waals surface area (Å²) in [5, 5.41) is 0. The van der Waals surface area contributed by atoms with Gasteiger partial charge in [0.2, 0.25) is 5.91 Å². The van der Waals surface area contributed by atoms with Gasteiger partial charge in [0.1, 0.15) is 6.04 Å². The van der Waals surface area contributed by atoms with Gasteiger partial charge in [-0.05, 0) is 43.6 Å². The van der Waals surface area contributed by atoms with Gasteiger partial charge in [0.25, 0.3) is 0 Å². The number of benzene rings is 1. The molecule has 2 aliphatic rings. The SMILES string of the molecule is COC(=O)C1CCC(=O)N1C1CCC(c2ccccc2)CC1. The molecule has 0 bridgehead atoms. The van der Waals surface area contributed by atoms with Crippen LogP contribution in [0.4, 0.5) is 0 Å². The average Bonchev–Trinajstić information content (AvgIpc) is 2.97. The first-order valence-corrected chi connectivity index (χ1v) is 8.14. The lowest BCUT2D eigenvalue weighted by Crippen LogP contribution is -2.47. The molecule has 118 valence electrons. The smallest absolute Gasteiger partial charge is 0.328 e. The van der Waals surface area contributed by atoms with E-state index in [1.807, 2.05) is 11.0 Å². The van der Waals surface area contributed by atoms with Crippen molar-refractivity contribution in [3.05, 3.63) is 35.9 Å². The summed E-state index contributed by atoms with van der Waals surface area (Å²) >= 11 is 0. The number of amides is 1. The Hall–Kier alpha value is -1.84. The van der Waals surface area contributed by atoms with E-state index in [9.17, 15) is 9.59 Å². The molecule has 1 aliphatic carbocycles. The van der Waals surface area contributed by atoms with Crippen LogP contribution >= 0.6 is 0 Å². The van der Waals surface area contributed by atoms with Crippen molar-refractivity contribution in [1.29, 1.82) is 0 Å². The lowest BCUT2D eigenvalue weighted by molar-refractivity contribution is -0.151. The second kappa shape index (κ2) is 6.51. The van der Waals surface area contributed by atoms with Gasteiger partial charge in [0, 0.05) is 12.5 Å². The monoisotopic (exact) mass is 301 g/mol. The van der Waals surface area contributed by atoms with Crippen molar-refractivity contribution >= 4 is 11.9 Å². The summed E-state index contributed by atoms with van der Waals surface area (Å²) in [7, 11) is 1.40. The van der Waals surface area contributed by atoms with Crippen molar-refractivity contribution in [2.45, 2.75) is 56.5 Å². The number of likely N-dealkylation sites (tertiary alicyclic amines) is 1. The Morgan fingerprint density at radius 2 is 1.77 bits per heavy atom. The number of hydrogen-bond donors (Lipinski definition) is 0. The van der Waals surface area contributed by atoms with Gasteiger partial charge in [-0.2, -0.15) is 0 Å². The van der Waals surface area contributed by atoms with Gasteiger partial charge in [0.15, 0.2) is 0 Å². The van der Waals surface area contributed by atoms with E-state index in [0.717, 1.165) is 25.7 Å². The van der Waals surface area contributed by atoms with E-state index < -0.39 is 0 Å². The Morgan fingerprint density at radius 1 is 1.09 bits per heavy atom. The lowest BCUT2D eigenvalue weighted by atomic mass is 9.81. The molecule has 2 fully saturated rings. The Kier molecular flexibility index (Phi) is 4.46. The minimum absolute atomic E-state index is 0.110. The first-order valence-electron chi connectivity index (χ1n) is 8.14. The van der Waals surface area contributed by atoms with Crippen molar-refractivity contribution in [2.24, 2.45) is 0 Å². The Labute approximate surface area is 131 Å². The predicted molar refractivity (Wildman–Crippen MR) is 83.3 cm³/mol. The molecule has 1 aliphatic heterocycles. The number of carbonyl (C=O) groups excluding carboxylic acids is 2. The van der Waals surface area contributed by atoms with E-state index in [1.54, 1.807) is 0 Å². The summed E-state index contributed by atoms with van der Waals surface area (Å²) in [5.41, 5.74) is 1.39. The number of ether oxygens (including phenoxy) is 1. The van der Waals surface area contributed by atoms with Gasteiger partial charge in [-0.25, -0.2) is 4.79 Å². The lowest BCUT2D eigenvalue weighted by Gasteiger charge is -2.37. The van der Waals surface area contributed by atoms with Crippen LogP contribution in [0.15, 0.2) is 30.3 Å². The zero-order valence-corrected chi connectivity index (χ0v) is 13.0. The van der Waals surface area contributed by atoms with Crippen LogP contribution in [0.3, 0.4) is 0 Å². The zero-order valence-electron chi connectivity index (χ0n) is 13.0. The van der Waals surface area contributed by atoms with Crippen LogP contribution in [0.1, 0.15) is 50.0 Å². The van der Waals surface area contributed by atoms with Crippen LogP contribution in [0.25, 0.3) is 0 Å². The van der Waals surface area contributed by atoms with E-state index in [-0.39, 0.29) is 24.0 Å². The van der Waals surface area contributed by atoms with Crippen molar-refractivity contribution in [1.82, 2.24) is 4.90 Å². The first kappa shape index (κ1) is 15.1. The average molecular weight is 301 g/mol. The third-order valence-corrected chi connectivity index (χ3v) is 5.09. The third-order valence-electron chi connectivity index (χ3n) is 5.09. The molecule has 0 radical (unpaired) electrons. The number of methoxy groups -OCH3 is 1. The number of carbonyl (C=O) groups is 2. The normalized spacial score (nSPS) is 28.7. The summed E-state index contributed by atoms with van der Waals surface area (Å²) in [6.45, 7) is 0. The molecule has 1 aromatic carbocycles. The van der Waals surface area contributed by atoms with Crippen molar-refractivity contribution in [3.63, 3.8) is 0 Å². The van der Waals surface area contributed by atoms with Crippen LogP contribution in [0, 0.1) is 0 Å². The predicted octanol–water partition coefficient (Wildman–Crippen LogP) is 2.88. The highest BCUT2D eigenvalue weighted by atomic mass is 16.5. The summed E-state index contributed by atoms with van der Waals surface area (Å²) in [6, 6.07) is 10.4. The number of hydrogen-bond acceptors (Lipinski definition) is 3. The molecule has 0 aromatic heterocycles. The Bertz CT molecular complexity index is 535. The second-order valence-electron chi connectivity index (χ2n) is 6.29. The standard InChI is InChI=1S/C18H23NO3/c1-22-18(21)16-11-12-17(20)19(16)15-9-7-14(8-10-15)13-5-3-2-4-6-13/h2-6,14-16H,7-12H2,1H3. The fraction of sp³-hybridized carbons (Fsp3) is 0.556.